The van der Waals surface area contributed by atoms with E-state index >= 15 is 0 Å². The first-order valence-corrected chi connectivity index (χ1v) is 3.84. The van der Waals surface area contributed by atoms with Crippen LogP contribution >= 0.6 is 0 Å². The summed E-state index contributed by atoms with van der Waals surface area (Å²) >= 11 is 0. The molecule has 0 heterocycles. The number of ether oxygens (including phenoxy) is 2. The third-order valence-corrected chi connectivity index (χ3v) is 1.51. The molecule has 4 nitrogen and oxygen atoms in total. The lowest BCUT2D eigenvalue weighted by molar-refractivity contribution is -0.161. The van der Waals surface area contributed by atoms with Crippen molar-refractivity contribution in [3.63, 3.8) is 0 Å². The van der Waals surface area contributed by atoms with Gasteiger partial charge in [0.1, 0.15) is 0 Å². The Morgan fingerprint density at radius 2 is 2.17 bits per heavy atom. The predicted molar refractivity (Wildman–Crippen MR) is 42.7 cm³/mol. The Balaban J connectivity index is 3.89. The monoisotopic (exact) mass is 174 g/mol. The standard InChI is InChI=1S/C8H14O4/c1-4-7(5-9)12-8(10)6(2)11-3/h5-7H,4H2,1-3H3. The highest BCUT2D eigenvalue weighted by molar-refractivity contribution is 5.76. The van der Waals surface area contributed by atoms with Gasteiger partial charge in [-0.2, -0.15) is 0 Å². The molecule has 0 bridgehead atoms. The van der Waals surface area contributed by atoms with Crippen LogP contribution in [0.2, 0.25) is 0 Å². The van der Waals surface area contributed by atoms with Gasteiger partial charge < -0.3 is 9.47 Å². The molecule has 0 N–H and O–H groups in total. The highest BCUT2D eigenvalue weighted by Crippen LogP contribution is 1.99. The zero-order valence-electron chi connectivity index (χ0n) is 7.57. The first kappa shape index (κ1) is 11.1. The maximum Gasteiger partial charge on any atom is 0.335 e. The van der Waals surface area contributed by atoms with Crippen LogP contribution in [0.4, 0.5) is 0 Å². The van der Waals surface area contributed by atoms with E-state index in [9.17, 15) is 9.59 Å². The molecule has 70 valence electrons. The fourth-order valence-corrected chi connectivity index (χ4v) is 0.549. The van der Waals surface area contributed by atoms with E-state index in [4.69, 9.17) is 9.47 Å². The smallest absolute Gasteiger partial charge is 0.335 e. The van der Waals surface area contributed by atoms with Gasteiger partial charge in [-0.1, -0.05) is 6.92 Å². The molecule has 0 rings (SSSR count). The molecule has 0 aliphatic rings. The van der Waals surface area contributed by atoms with Gasteiger partial charge in [-0.15, -0.1) is 0 Å². The van der Waals surface area contributed by atoms with Crippen molar-refractivity contribution in [2.75, 3.05) is 7.11 Å². The van der Waals surface area contributed by atoms with E-state index in [-0.39, 0.29) is 0 Å². The summed E-state index contributed by atoms with van der Waals surface area (Å²) in [6.07, 6.45) is -0.152. The van der Waals surface area contributed by atoms with Crippen LogP contribution in [-0.2, 0) is 19.1 Å². The minimum absolute atomic E-state index is 0.492. The number of carbonyl (C=O) groups is 2. The lowest BCUT2D eigenvalue weighted by Gasteiger charge is -2.12. The van der Waals surface area contributed by atoms with Gasteiger partial charge in [0, 0.05) is 7.11 Å². The van der Waals surface area contributed by atoms with Gasteiger partial charge in [-0.3, -0.25) is 4.79 Å². The highest BCUT2D eigenvalue weighted by Gasteiger charge is 2.17. The Kier molecular flexibility index (Phi) is 5.28. The van der Waals surface area contributed by atoms with Gasteiger partial charge in [-0.25, -0.2) is 4.79 Å². The topological polar surface area (TPSA) is 52.6 Å². The summed E-state index contributed by atoms with van der Waals surface area (Å²) in [6, 6.07) is 0. The second-order valence-corrected chi connectivity index (χ2v) is 2.40. The molecule has 2 unspecified atom stereocenters. The Bertz CT molecular complexity index is 155. The largest absolute Gasteiger partial charge is 0.453 e. The van der Waals surface area contributed by atoms with Crippen molar-refractivity contribution < 1.29 is 19.1 Å². The molecule has 4 heteroatoms. The number of aldehydes is 1. The first-order valence-electron chi connectivity index (χ1n) is 3.84. The van der Waals surface area contributed by atoms with Gasteiger partial charge >= 0.3 is 5.97 Å². The van der Waals surface area contributed by atoms with Crippen molar-refractivity contribution in [3.8, 4) is 0 Å². The van der Waals surface area contributed by atoms with E-state index < -0.39 is 18.2 Å². The minimum Gasteiger partial charge on any atom is -0.453 e. The van der Waals surface area contributed by atoms with Gasteiger partial charge in [0.15, 0.2) is 18.5 Å². The summed E-state index contributed by atoms with van der Waals surface area (Å²) in [6.45, 7) is 3.34. The Morgan fingerprint density at radius 1 is 1.58 bits per heavy atom. The molecule has 0 saturated carbocycles. The number of esters is 1. The number of rotatable bonds is 5. The lowest BCUT2D eigenvalue weighted by atomic mass is 10.3. The molecule has 12 heavy (non-hydrogen) atoms. The van der Waals surface area contributed by atoms with Crippen LogP contribution < -0.4 is 0 Å². The minimum atomic E-state index is -0.643. The molecule has 0 amide bonds. The number of carbonyl (C=O) groups excluding carboxylic acids is 2. The summed E-state index contributed by atoms with van der Waals surface area (Å²) in [5.74, 6) is -0.503. The lowest BCUT2D eigenvalue weighted by Crippen LogP contribution is -2.27. The molecule has 0 spiro atoms. The Hall–Kier alpha value is -0.900. The Labute approximate surface area is 71.8 Å². The second kappa shape index (κ2) is 5.71. The van der Waals surface area contributed by atoms with E-state index in [1.807, 2.05) is 0 Å². The van der Waals surface area contributed by atoms with Crippen molar-refractivity contribution in [2.24, 2.45) is 0 Å². The summed E-state index contributed by atoms with van der Waals surface area (Å²) in [5, 5.41) is 0. The quantitative estimate of drug-likeness (QED) is 0.451. The van der Waals surface area contributed by atoms with E-state index in [2.05, 4.69) is 0 Å². The zero-order valence-corrected chi connectivity index (χ0v) is 7.57. The molecular weight excluding hydrogens is 160 g/mol. The van der Waals surface area contributed by atoms with E-state index in [0.717, 1.165) is 0 Å². The predicted octanol–water partition coefficient (Wildman–Crippen LogP) is 0.542. The van der Waals surface area contributed by atoms with Crippen LogP contribution in [-0.4, -0.2) is 31.6 Å². The molecule has 0 aliphatic carbocycles. The molecular formula is C8H14O4. The van der Waals surface area contributed by atoms with Crippen molar-refractivity contribution in [1.82, 2.24) is 0 Å². The van der Waals surface area contributed by atoms with Crippen LogP contribution in [0.25, 0.3) is 0 Å². The van der Waals surface area contributed by atoms with Crippen LogP contribution in [0.5, 0.6) is 0 Å². The third kappa shape index (κ3) is 3.48. The van der Waals surface area contributed by atoms with Gasteiger partial charge in [0.05, 0.1) is 0 Å². The maximum absolute atomic E-state index is 11.0. The molecule has 0 aromatic rings. The van der Waals surface area contributed by atoms with Crippen LogP contribution in [0, 0.1) is 0 Å². The SMILES string of the molecule is CCC(C=O)OC(=O)C(C)OC. The maximum atomic E-state index is 11.0. The average Bonchev–Trinajstić information content (AvgIpc) is 2.12. The fourth-order valence-electron chi connectivity index (χ4n) is 0.549. The zero-order chi connectivity index (χ0) is 9.56. The number of hydrogen-bond donors (Lipinski definition) is 0. The van der Waals surface area contributed by atoms with E-state index in [0.29, 0.717) is 12.7 Å². The molecule has 0 saturated heterocycles. The van der Waals surface area contributed by atoms with Crippen molar-refractivity contribution in [1.29, 1.82) is 0 Å². The van der Waals surface area contributed by atoms with E-state index in [1.54, 1.807) is 13.8 Å². The molecule has 2 atom stereocenters. The molecule has 0 fully saturated rings. The number of methoxy groups -OCH3 is 1. The normalized spacial score (nSPS) is 14.9. The van der Waals surface area contributed by atoms with Crippen molar-refractivity contribution in [2.45, 2.75) is 32.5 Å². The summed E-state index contributed by atoms with van der Waals surface area (Å²) in [4.78, 5) is 21.3. The van der Waals surface area contributed by atoms with Gasteiger partial charge in [0.2, 0.25) is 0 Å². The molecule has 0 radical (unpaired) electrons. The third-order valence-electron chi connectivity index (χ3n) is 1.51. The Morgan fingerprint density at radius 3 is 2.50 bits per heavy atom. The van der Waals surface area contributed by atoms with Gasteiger partial charge in [-0.05, 0) is 13.3 Å². The van der Waals surface area contributed by atoms with Gasteiger partial charge in [0.25, 0.3) is 0 Å². The summed E-state index contributed by atoms with van der Waals surface area (Å²) in [7, 11) is 1.41. The number of hydrogen-bond acceptors (Lipinski definition) is 4. The second-order valence-electron chi connectivity index (χ2n) is 2.40. The molecule has 0 aromatic carbocycles. The van der Waals surface area contributed by atoms with Crippen LogP contribution in [0.3, 0.4) is 0 Å². The summed E-state index contributed by atoms with van der Waals surface area (Å²) in [5.41, 5.74) is 0. The highest BCUT2D eigenvalue weighted by atomic mass is 16.6. The van der Waals surface area contributed by atoms with E-state index in [1.165, 1.54) is 7.11 Å². The molecule has 0 aromatic heterocycles. The molecule has 0 aliphatic heterocycles. The fraction of sp³-hybridized carbons (Fsp3) is 0.750. The van der Waals surface area contributed by atoms with Crippen LogP contribution in [0.15, 0.2) is 0 Å². The average molecular weight is 174 g/mol. The van der Waals surface area contributed by atoms with Crippen molar-refractivity contribution in [3.05, 3.63) is 0 Å². The van der Waals surface area contributed by atoms with Crippen molar-refractivity contribution >= 4 is 12.3 Å². The first-order chi connectivity index (χ1) is 5.65. The van der Waals surface area contributed by atoms with Crippen LogP contribution in [0.1, 0.15) is 20.3 Å². The summed E-state index contributed by atoms with van der Waals surface area (Å²) < 4.78 is 9.48.